The van der Waals surface area contributed by atoms with Crippen LogP contribution in [0, 0.1) is 5.92 Å². The van der Waals surface area contributed by atoms with Gasteiger partial charge >= 0.3 is 5.97 Å². The third kappa shape index (κ3) is 7.01. The van der Waals surface area contributed by atoms with Gasteiger partial charge in [0.1, 0.15) is 0 Å². The molecule has 0 aliphatic rings. The van der Waals surface area contributed by atoms with Crippen molar-refractivity contribution in [3.63, 3.8) is 0 Å². The Morgan fingerprint density at radius 1 is 1.00 bits per heavy atom. The molecule has 1 N–H and O–H groups in total. The van der Waals surface area contributed by atoms with Gasteiger partial charge in [-0.3, -0.25) is 9.59 Å². The SMILES string of the molecule is CC(C)[C@H](C(=O)OCC(=O)N[C@@H](C)CCc1ccccc1)c1ccc(Cl)cc1. The second-order valence-electron chi connectivity index (χ2n) is 7.37. The number of nitrogens with one attached hydrogen (secondary N) is 1. The van der Waals surface area contributed by atoms with Crippen molar-refractivity contribution in [2.75, 3.05) is 6.61 Å². The molecule has 2 aromatic carbocycles. The zero-order valence-electron chi connectivity index (χ0n) is 16.7. The number of benzene rings is 2. The van der Waals surface area contributed by atoms with Gasteiger partial charge in [-0.2, -0.15) is 0 Å². The van der Waals surface area contributed by atoms with Crippen LogP contribution in [0.5, 0.6) is 0 Å². The van der Waals surface area contributed by atoms with Crippen molar-refractivity contribution >= 4 is 23.5 Å². The third-order valence-corrected chi connectivity index (χ3v) is 4.86. The molecular weight excluding hydrogens is 374 g/mol. The van der Waals surface area contributed by atoms with E-state index in [1.807, 2.05) is 51.1 Å². The van der Waals surface area contributed by atoms with Crippen LogP contribution in [0.25, 0.3) is 0 Å². The largest absolute Gasteiger partial charge is 0.455 e. The van der Waals surface area contributed by atoms with Crippen molar-refractivity contribution in [3.05, 3.63) is 70.7 Å². The Hall–Kier alpha value is -2.33. The van der Waals surface area contributed by atoms with Crippen molar-refractivity contribution < 1.29 is 14.3 Å². The molecule has 0 bridgehead atoms. The number of halogens is 1. The van der Waals surface area contributed by atoms with Crippen LogP contribution in [0.2, 0.25) is 5.02 Å². The summed E-state index contributed by atoms with van der Waals surface area (Å²) in [5.41, 5.74) is 2.07. The van der Waals surface area contributed by atoms with Crippen LogP contribution >= 0.6 is 11.6 Å². The molecule has 2 aromatic rings. The van der Waals surface area contributed by atoms with Crippen LogP contribution in [0.15, 0.2) is 54.6 Å². The lowest BCUT2D eigenvalue weighted by molar-refractivity contribution is -0.151. The zero-order chi connectivity index (χ0) is 20.5. The molecule has 150 valence electrons. The van der Waals surface area contributed by atoms with Crippen molar-refractivity contribution in [2.45, 2.75) is 45.6 Å². The average Bonchev–Trinajstić information content (AvgIpc) is 2.67. The zero-order valence-corrected chi connectivity index (χ0v) is 17.4. The number of aryl methyl sites for hydroxylation is 1. The molecule has 0 aliphatic heterocycles. The molecule has 0 spiro atoms. The minimum Gasteiger partial charge on any atom is -0.455 e. The number of amides is 1. The summed E-state index contributed by atoms with van der Waals surface area (Å²) in [5, 5.41) is 3.50. The maximum Gasteiger partial charge on any atom is 0.314 e. The lowest BCUT2D eigenvalue weighted by Crippen LogP contribution is -2.36. The van der Waals surface area contributed by atoms with E-state index in [0.717, 1.165) is 18.4 Å². The van der Waals surface area contributed by atoms with Crippen molar-refractivity contribution in [3.8, 4) is 0 Å². The lowest BCUT2D eigenvalue weighted by Gasteiger charge is -2.20. The fourth-order valence-electron chi connectivity index (χ4n) is 3.11. The summed E-state index contributed by atoms with van der Waals surface area (Å²) in [5.74, 6) is -1.07. The van der Waals surface area contributed by atoms with Gasteiger partial charge in [-0.05, 0) is 48.9 Å². The first-order chi connectivity index (χ1) is 13.4. The standard InChI is InChI=1S/C23H28ClNO3/c1-16(2)22(19-11-13-20(24)14-12-19)23(27)28-15-21(26)25-17(3)9-10-18-7-5-4-6-8-18/h4-8,11-14,16-17,22H,9-10,15H2,1-3H3,(H,25,26)/t17-,22-/m0/s1. The molecule has 28 heavy (non-hydrogen) atoms. The van der Waals surface area contributed by atoms with E-state index in [1.165, 1.54) is 5.56 Å². The Morgan fingerprint density at radius 3 is 2.25 bits per heavy atom. The van der Waals surface area contributed by atoms with Crippen LogP contribution in [0.1, 0.15) is 44.2 Å². The Balaban J connectivity index is 1.81. The minimum absolute atomic E-state index is 0.00330. The summed E-state index contributed by atoms with van der Waals surface area (Å²) < 4.78 is 5.29. The molecule has 1 amide bonds. The molecule has 0 heterocycles. The highest BCUT2D eigenvalue weighted by Crippen LogP contribution is 2.27. The highest BCUT2D eigenvalue weighted by atomic mass is 35.5. The quantitative estimate of drug-likeness (QED) is 0.616. The van der Waals surface area contributed by atoms with Gasteiger partial charge in [0.25, 0.3) is 5.91 Å². The van der Waals surface area contributed by atoms with E-state index in [1.54, 1.807) is 12.1 Å². The smallest absolute Gasteiger partial charge is 0.314 e. The number of carbonyl (C=O) groups is 2. The third-order valence-electron chi connectivity index (χ3n) is 4.61. The second kappa shape index (κ2) is 10.9. The first-order valence-corrected chi connectivity index (χ1v) is 10.00. The Morgan fingerprint density at radius 2 is 1.64 bits per heavy atom. The van der Waals surface area contributed by atoms with Gasteiger partial charge < -0.3 is 10.1 Å². The number of esters is 1. The first kappa shape index (κ1) is 22.0. The summed E-state index contributed by atoms with van der Waals surface area (Å²) in [6.45, 7) is 5.58. The number of carbonyl (C=O) groups excluding carboxylic acids is 2. The molecule has 0 radical (unpaired) electrons. The molecule has 2 atom stereocenters. The summed E-state index contributed by atoms with van der Waals surface area (Å²) in [4.78, 5) is 24.7. The molecule has 2 rings (SSSR count). The Kier molecular flexibility index (Phi) is 8.52. The summed E-state index contributed by atoms with van der Waals surface area (Å²) in [6.07, 6.45) is 1.71. The van der Waals surface area contributed by atoms with Gasteiger partial charge in [0.05, 0.1) is 5.92 Å². The number of ether oxygens (including phenoxy) is 1. The van der Waals surface area contributed by atoms with Crippen LogP contribution < -0.4 is 5.32 Å². The van der Waals surface area contributed by atoms with Crippen molar-refractivity contribution in [1.82, 2.24) is 5.32 Å². The Bertz CT molecular complexity index is 759. The van der Waals surface area contributed by atoms with E-state index in [2.05, 4.69) is 17.4 Å². The van der Waals surface area contributed by atoms with Crippen molar-refractivity contribution in [2.24, 2.45) is 5.92 Å². The van der Waals surface area contributed by atoms with Gasteiger partial charge in [-0.15, -0.1) is 0 Å². The fraction of sp³-hybridized carbons (Fsp3) is 0.391. The number of rotatable bonds is 9. The summed E-state index contributed by atoms with van der Waals surface area (Å²) in [6, 6.07) is 17.3. The monoisotopic (exact) mass is 401 g/mol. The summed E-state index contributed by atoms with van der Waals surface area (Å²) >= 11 is 5.92. The van der Waals surface area contributed by atoms with Crippen LogP contribution in [0.4, 0.5) is 0 Å². The van der Waals surface area contributed by atoms with Gasteiger partial charge in [0, 0.05) is 11.1 Å². The number of hydrogen-bond donors (Lipinski definition) is 1. The predicted octanol–water partition coefficient (Wildman–Crippen LogP) is 4.76. The van der Waals surface area contributed by atoms with Gasteiger partial charge in [0.2, 0.25) is 0 Å². The summed E-state index contributed by atoms with van der Waals surface area (Å²) in [7, 11) is 0. The van der Waals surface area contributed by atoms with E-state index < -0.39 is 11.9 Å². The fourth-order valence-corrected chi connectivity index (χ4v) is 3.23. The van der Waals surface area contributed by atoms with Gasteiger partial charge in [-0.1, -0.05) is 67.9 Å². The predicted molar refractivity (Wildman–Crippen MR) is 112 cm³/mol. The van der Waals surface area contributed by atoms with Crippen LogP contribution in [-0.2, 0) is 20.7 Å². The molecule has 5 heteroatoms. The molecule has 0 unspecified atom stereocenters. The van der Waals surface area contributed by atoms with Crippen molar-refractivity contribution in [1.29, 1.82) is 0 Å². The first-order valence-electron chi connectivity index (χ1n) is 9.62. The second-order valence-corrected chi connectivity index (χ2v) is 7.81. The van der Waals surface area contributed by atoms with Crippen LogP contribution in [0.3, 0.4) is 0 Å². The normalized spacial score (nSPS) is 13.0. The lowest BCUT2D eigenvalue weighted by atomic mass is 9.88. The molecule has 0 aliphatic carbocycles. The maximum absolute atomic E-state index is 12.5. The molecular formula is C23H28ClNO3. The molecule has 4 nitrogen and oxygen atoms in total. The number of hydrogen-bond acceptors (Lipinski definition) is 3. The van der Waals surface area contributed by atoms with Crippen LogP contribution in [-0.4, -0.2) is 24.5 Å². The molecule has 0 aromatic heterocycles. The van der Waals surface area contributed by atoms with E-state index >= 15 is 0 Å². The highest BCUT2D eigenvalue weighted by molar-refractivity contribution is 6.30. The van der Waals surface area contributed by atoms with E-state index in [-0.39, 0.29) is 24.5 Å². The topological polar surface area (TPSA) is 55.4 Å². The molecule has 0 saturated carbocycles. The van der Waals surface area contributed by atoms with Gasteiger partial charge in [-0.25, -0.2) is 0 Å². The van der Waals surface area contributed by atoms with E-state index in [4.69, 9.17) is 16.3 Å². The average molecular weight is 402 g/mol. The molecule has 0 saturated heterocycles. The van der Waals surface area contributed by atoms with E-state index in [9.17, 15) is 9.59 Å². The minimum atomic E-state index is -0.430. The highest BCUT2D eigenvalue weighted by Gasteiger charge is 2.26. The maximum atomic E-state index is 12.5. The van der Waals surface area contributed by atoms with Gasteiger partial charge in [0.15, 0.2) is 6.61 Å². The Labute approximate surface area is 172 Å². The molecule has 0 fully saturated rings. The van der Waals surface area contributed by atoms with E-state index in [0.29, 0.717) is 5.02 Å².